The summed E-state index contributed by atoms with van der Waals surface area (Å²) < 4.78 is 0. The molecule has 0 amide bonds. The lowest BCUT2D eigenvalue weighted by Crippen LogP contribution is -2.01. The highest BCUT2D eigenvalue weighted by Crippen LogP contribution is 2.13. The molecular formula is C22H38. The van der Waals surface area contributed by atoms with E-state index in [9.17, 15) is 0 Å². The Morgan fingerprint density at radius 2 is 1.00 bits per heavy atom. The van der Waals surface area contributed by atoms with Crippen LogP contribution < -0.4 is 0 Å². The molecule has 0 aromatic rings. The minimum atomic E-state index is 0. The molecule has 0 aromatic heterocycles. The molecule has 0 N–H and O–H groups in total. The van der Waals surface area contributed by atoms with Crippen LogP contribution in [-0.4, -0.2) is 0 Å². The first-order valence-electron chi connectivity index (χ1n) is 7.28. The van der Waals surface area contributed by atoms with Crippen LogP contribution in [0.4, 0.5) is 0 Å². The van der Waals surface area contributed by atoms with Crippen molar-refractivity contribution in [3.05, 3.63) is 48.6 Å². The second-order valence-electron chi connectivity index (χ2n) is 4.46. The van der Waals surface area contributed by atoms with Crippen LogP contribution in [0.5, 0.6) is 0 Å². The van der Waals surface area contributed by atoms with Crippen LogP contribution in [0.15, 0.2) is 48.6 Å². The lowest BCUT2D eigenvalue weighted by atomic mass is 9.95. The van der Waals surface area contributed by atoms with Gasteiger partial charge in [0.2, 0.25) is 0 Å². The van der Waals surface area contributed by atoms with Crippen LogP contribution in [0.25, 0.3) is 0 Å². The fourth-order valence-electron chi connectivity index (χ4n) is 0.977. The van der Waals surface area contributed by atoms with E-state index in [-0.39, 0.29) is 7.43 Å². The third-order valence-corrected chi connectivity index (χ3v) is 2.58. The van der Waals surface area contributed by atoms with E-state index in [1.165, 1.54) is 6.42 Å². The van der Waals surface area contributed by atoms with E-state index < -0.39 is 0 Å². The quantitative estimate of drug-likeness (QED) is 0.376. The fourth-order valence-corrected chi connectivity index (χ4v) is 0.977. The van der Waals surface area contributed by atoms with Crippen molar-refractivity contribution in [2.45, 2.75) is 55.4 Å². The third kappa shape index (κ3) is 43.0. The van der Waals surface area contributed by atoms with Crippen LogP contribution in [0.2, 0.25) is 0 Å². The zero-order chi connectivity index (χ0) is 17.5. The summed E-state index contributed by atoms with van der Waals surface area (Å²) in [6.07, 6.45) is 33.7. The van der Waals surface area contributed by atoms with Gasteiger partial charge in [-0.05, 0) is 39.0 Å². The summed E-state index contributed by atoms with van der Waals surface area (Å²) in [5.41, 5.74) is 0. The van der Waals surface area contributed by atoms with E-state index >= 15 is 0 Å². The molecule has 0 aliphatic carbocycles. The van der Waals surface area contributed by atoms with Crippen LogP contribution in [0, 0.1) is 37.5 Å². The Bertz CT molecular complexity index is 289. The monoisotopic (exact) mass is 302 g/mol. The first-order chi connectivity index (χ1) is 10.1. The molecule has 0 radical (unpaired) electrons. The fraction of sp³-hybridized carbons (Fsp3) is 0.455. The molecule has 1 unspecified atom stereocenters. The smallest absolute Gasteiger partial charge is 0.0319 e. The maximum Gasteiger partial charge on any atom is -0.0319 e. The average molecular weight is 303 g/mol. The lowest BCUT2D eigenvalue weighted by molar-refractivity contribution is 0.424. The average Bonchev–Trinajstić information content (AvgIpc) is 2.53. The van der Waals surface area contributed by atoms with E-state index in [2.05, 4.69) is 70.8 Å². The molecule has 0 rings (SSSR count). The summed E-state index contributed by atoms with van der Waals surface area (Å²) >= 11 is 0. The van der Waals surface area contributed by atoms with E-state index in [0.29, 0.717) is 0 Å². The summed E-state index contributed by atoms with van der Waals surface area (Å²) in [7, 11) is 0. The lowest BCUT2D eigenvalue weighted by Gasteiger charge is -2.11. The molecule has 0 aromatic carbocycles. The molecule has 22 heavy (non-hydrogen) atoms. The largest absolute Gasteiger partial charge is 0.124 e. The van der Waals surface area contributed by atoms with Gasteiger partial charge >= 0.3 is 0 Å². The Morgan fingerprint density at radius 1 is 0.682 bits per heavy atom. The Balaban J connectivity index is -0.0000000749. The maximum atomic E-state index is 4.00. The normalized spacial score (nSPS) is 11.0. The summed E-state index contributed by atoms with van der Waals surface area (Å²) in [6, 6.07) is 0. The van der Waals surface area contributed by atoms with Crippen LogP contribution >= 0.6 is 0 Å². The maximum absolute atomic E-state index is 4.00. The van der Waals surface area contributed by atoms with E-state index in [1.54, 1.807) is 0 Å². The van der Waals surface area contributed by atoms with Gasteiger partial charge in [0, 0.05) is 0 Å². The molecule has 0 nitrogen and oxygen atoms in total. The van der Waals surface area contributed by atoms with Crippen molar-refractivity contribution < 1.29 is 0 Å². The topological polar surface area (TPSA) is 0 Å². The highest BCUT2D eigenvalue weighted by Gasteiger charge is 2.02. The molecule has 0 heteroatoms. The number of hydrogen-bond acceptors (Lipinski definition) is 0. The SMILES string of the molecule is C.C#C.C#C.C/C=C\C=C/C.C/C=C\C=C/CC(C)C(C)C. The van der Waals surface area contributed by atoms with Gasteiger partial charge in [-0.1, -0.05) is 76.8 Å². The second kappa shape index (κ2) is 36.5. The molecule has 0 fully saturated rings. The summed E-state index contributed by atoms with van der Waals surface area (Å²) in [6.45, 7) is 12.9. The second-order valence-corrected chi connectivity index (χ2v) is 4.46. The van der Waals surface area contributed by atoms with Gasteiger partial charge in [-0.25, -0.2) is 0 Å². The Morgan fingerprint density at radius 3 is 1.27 bits per heavy atom. The molecule has 0 heterocycles. The Labute approximate surface area is 142 Å². The molecule has 0 aliphatic rings. The zero-order valence-corrected chi connectivity index (χ0v) is 14.8. The molecular weight excluding hydrogens is 264 g/mol. The van der Waals surface area contributed by atoms with Gasteiger partial charge in [-0.3, -0.25) is 0 Å². The molecule has 126 valence electrons. The number of rotatable bonds is 5. The minimum absolute atomic E-state index is 0. The van der Waals surface area contributed by atoms with Gasteiger partial charge in [0.15, 0.2) is 0 Å². The Hall–Kier alpha value is -1.92. The van der Waals surface area contributed by atoms with Crippen molar-refractivity contribution in [3.63, 3.8) is 0 Å². The van der Waals surface area contributed by atoms with Crippen LogP contribution in [-0.2, 0) is 0 Å². The van der Waals surface area contributed by atoms with Gasteiger partial charge in [0.05, 0.1) is 0 Å². The van der Waals surface area contributed by atoms with Gasteiger partial charge in [0.25, 0.3) is 0 Å². The first kappa shape index (κ1) is 32.1. The minimum Gasteiger partial charge on any atom is -0.124 e. The van der Waals surface area contributed by atoms with Crippen molar-refractivity contribution in [3.8, 4) is 25.7 Å². The molecule has 0 bridgehead atoms. The van der Waals surface area contributed by atoms with Gasteiger partial charge in [0.1, 0.15) is 0 Å². The van der Waals surface area contributed by atoms with Crippen molar-refractivity contribution in [1.82, 2.24) is 0 Å². The van der Waals surface area contributed by atoms with Gasteiger partial charge < -0.3 is 0 Å². The van der Waals surface area contributed by atoms with Crippen LogP contribution in [0.3, 0.4) is 0 Å². The van der Waals surface area contributed by atoms with Gasteiger partial charge in [-0.2, -0.15) is 0 Å². The molecule has 0 saturated heterocycles. The number of terminal acetylenes is 2. The third-order valence-electron chi connectivity index (χ3n) is 2.58. The standard InChI is InChI=1S/C11H20.C6H10.2C2H2.CH4/c1-5-6-7-8-9-11(4)10(2)3;1-3-5-6-4-2;2*1-2;/h5-8,10-11H,9H2,1-4H3;3-6H,1-2H3;2*1-2H;1H4/b6-5-,8-7-;5-3-,6-4-;;;. The van der Waals surface area contributed by atoms with Crippen molar-refractivity contribution in [2.24, 2.45) is 11.8 Å². The summed E-state index contributed by atoms with van der Waals surface area (Å²) in [5, 5.41) is 0. The first-order valence-corrected chi connectivity index (χ1v) is 7.28. The van der Waals surface area contributed by atoms with E-state index in [0.717, 1.165) is 11.8 Å². The zero-order valence-electron chi connectivity index (χ0n) is 14.8. The molecule has 0 saturated carbocycles. The van der Waals surface area contributed by atoms with E-state index in [4.69, 9.17) is 0 Å². The highest BCUT2D eigenvalue weighted by atomic mass is 14.1. The van der Waals surface area contributed by atoms with Gasteiger partial charge in [-0.15, -0.1) is 25.7 Å². The number of allylic oxidation sites excluding steroid dienone is 8. The molecule has 0 aliphatic heterocycles. The predicted octanol–water partition coefficient (Wildman–Crippen LogP) is 7.07. The summed E-state index contributed by atoms with van der Waals surface area (Å²) in [4.78, 5) is 0. The number of hydrogen-bond donors (Lipinski definition) is 0. The van der Waals surface area contributed by atoms with Crippen molar-refractivity contribution in [2.75, 3.05) is 0 Å². The molecule has 0 spiro atoms. The highest BCUT2D eigenvalue weighted by molar-refractivity contribution is 5.01. The summed E-state index contributed by atoms with van der Waals surface area (Å²) in [5.74, 6) is 1.60. The van der Waals surface area contributed by atoms with E-state index in [1.807, 2.05) is 45.1 Å². The molecule has 1 atom stereocenters. The van der Waals surface area contributed by atoms with Crippen LogP contribution in [0.1, 0.15) is 55.4 Å². The van der Waals surface area contributed by atoms with Crippen molar-refractivity contribution >= 4 is 0 Å². The van der Waals surface area contributed by atoms with Crippen molar-refractivity contribution in [1.29, 1.82) is 0 Å². The predicted molar refractivity (Wildman–Crippen MR) is 109 cm³/mol. The Kier molecular flexibility index (Phi) is 53.3.